The third-order valence-corrected chi connectivity index (χ3v) is 5.67. The maximum absolute atomic E-state index is 12.6. The molecule has 3 aromatic rings. The Bertz CT molecular complexity index is 1240. The predicted octanol–water partition coefficient (Wildman–Crippen LogP) is 5.04. The highest BCUT2D eigenvalue weighted by Gasteiger charge is 2.25. The number of carbonyl (C=O) groups excluding carboxylic acids is 2. The van der Waals surface area contributed by atoms with Gasteiger partial charge in [-0.25, -0.2) is 0 Å². The van der Waals surface area contributed by atoms with E-state index >= 15 is 0 Å². The van der Waals surface area contributed by atoms with Crippen LogP contribution in [0.5, 0.6) is 11.5 Å². The number of thioether (sulfide) groups is 1. The molecule has 32 heavy (non-hydrogen) atoms. The van der Waals surface area contributed by atoms with Gasteiger partial charge in [0, 0.05) is 16.3 Å². The number of fused-ring (bicyclic) bond motifs is 1. The van der Waals surface area contributed by atoms with E-state index in [0.717, 1.165) is 39.6 Å². The zero-order valence-electron chi connectivity index (χ0n) is 17.8. The molecule has 4 rings (SSSR count). The molecule has 1 heterocycles. The maximum Gasteiger partial charge on any atom is 0.279 e. The number of benzene rings is 3. The Morgan fingerprint density at radius 1 is 0.969 bits per heavy atom. The molecule has 2 amide bonds. The number of rotatable bonds is 6. The Hall–Kier alpha value is -3.58. The van der Waals surface area contributed by atoms with Gasteiger partial charge in [-0.3, -0.25) is 9.59 Å². The summed E-state index contributed by atoms with van der Waals surface area (Å²) in [5, 5.41) is 4.71. The lowest BCUT2D eigenvalue weighted by atomic mass is 10.0. The molecule has 0 radical (unpaired) electrons. The van der Waals surface area contributed by atoms with Gasteiger partial charge in [0.15, 0.2) is 5.17 Å². The van der Waals surface area contributed by atoms with E-state index in [9.17, 15) is 9.59 Å². The summed E-state index contributed by atoms with van der Waals surface area (Å²) in [4.78, 5) is 29.4. The minimum atomic E-state index is -0.403. The third-order valence-electron chi connectivity index (χ3n) is 4.76. The van der Waals surface area contributed by atoms with Gasteiger partial charge in [-0.15, -0.1) is 0 Å². The number of carbonyl (C=O) groups is 2. The molecule has 7 heteroatoms. The average molecular weight is 447 g/mol. The van der Waals surface area contributed by atoms with Gasteiger partial charge in [-0.2, -0.15) is 4.99 Å². The van der Waals surface area contributed by atoms with Crippen LogP contribution in [0.1, 0.15) is 29.8 Å². The van der Waals surface area contributed by atoms with Crippen molar-refractivity contribution in [3.05, 3.63) is 76.7 Å². The van der Waals surface area contributed by atoms with E-state index < -0.39 is 5.91 Å². The molecule has 6 nitrogen and oxygen atoms in total. The van der Waals surface area contributed by atoms with Crippen LogP contribution in [0.25, 0.3) is 16.8 Å². The van der Waals surface area contributed by atoms with Crippen molar-refractivity contribution in [2.45, 2.75) is 13.8 Å². The van der Waals surface area contributed by atoms with E-state index in [1.165, 1.54) is 0 Å². The van der Waals surface area contributed by atoms with E-state index in [0.29, 0.717) is 23.7 Å². The monoisotopic (exact) mass is 446 g/mol. The first-order valence-corrected chi connectivity index (χ1v) is 11.1. The smallest absolute Gasteiger partial charge is 0.279 e. The van der Waals surface area contributed by atoms with E-state index in [1.54, 1.807) is 30.3 Å². The SMILES string of the molecule is CCOc1ccc(/C=C2\SC(=NC(=O)c3ccccc3)NC2=O)c2c(OCC)cccc12. The van der Waals surface area contributed by atoms with Crippen LogP contribution in [-0.2, 0) is 4.79 Å². The van der Waals surface area contributed by atoms with Crippen LogP contribution in [0.15, 0.2) is 70.6 Å². The van der Waals surface area contributed by atoms with Crippen molar-refractivity contribution in [1.29, 1.82) is 0 Å². The lowest BCUT2D eigenvalue weighted by molar-refractivity contribution is -0.115. The zero-order chi connectivity index (χ0) is 22.5. The van der Waals surface area contributed by atoms with Crippen LogP contribution in [0.3, 0.4) is 0 Å². The molecule has 0 aliphatic carbocycles. The number of amidine groups is 1. The Kier molecular flexibility index (Phi) is 6.56. The number of hydrogen-bond acceptors (Lipinski definition) is 5. The standard InChI is InChI=1S/C25H22N2O4S/c1-3-30-19-14-13-17(22-18(19)11-8-12-20(22)31-4-2)15-21-24(29)27-25(32-21)26-23(28)16-9-6-5-7-10-16/h5-15H,3-4H2,1-2H3,(H,26,27,28,29)/b21-15-. The summed E-state index contributed by atoms with van der Waals surface area (Å²) in [6, 6.07) is 18.3. The van der Waals surface area contributed by atoms with Crippen LogP contribution in [0.2, 0.25) is 0 Å². The third kappa shape index (κ3) is 4.53. The molecule has 0 spiro atoms. The van der Waals surface area contributed by atoms with Gasteiger partial charge in [0.05, 0.1) is 18.1 Å². The summed E-state index contributed by atoms with van der Waals surface area (Å²) >= 11 is 1.14. The van der Waals surface area contributed by atoms with Crippen molar-refractivity contribution >= 4 is 45.6 Å². The van der Waals surface area contributed by atoms with Crippen LogP contribution in [-0.4, -0.2) is 30.2 Å². The predicted molar refractivity (Wildman–Crippen MR) is 128 cm³/mol. The highest BCUT2D eigenvalue weighted by Crippen LogP contribution is 2.38. The molecule has 0 aromatic heterocycles. The second-order valence-electron chi connectivity index (χ2n) is 6.85. The van der Waals surface area contributed by atoms with Crippen LogP contribution in [0.4, 0.5) is 0 Å². The number of ether oxygens (including phenoxy) is 2. The fraction of sp³-hybridized carbons (Fsp3) is 0.160. The molecule has 1 fully saturated rings. The number of aliphatic imine (C=N–C) groups is 1. The fourth-order valence-electron chi connectivity index (χ4n) is 3.41. The summed E-state index contributed by atoms with van der Waals surface area (Å²) in [6.45, 7) is 4.92. The van der Waals surface area contributed by atoms with E-state index in [2.05, 4.69) is 10.3 Å². The molecule has 162 valence electrons. The minimum Gasteiger partial charge on any atom is -0.493 e. The number of amides is 2. The molecule has 0 saturated carbocycles. The van der Waals surface area contributed by atoms with Gasteiger partial charge in [0.25, 0.3) is 11.8 Å². The van der Waals surface area contributed by atoms with E-state index in [-0.39, 0.29) is 11.1 Å². The van der Waals surface area contributed by atoms with Gasteiger partial charge in [-0.1, -0.05) is 36.4 Å². The highest BCUT2D eigenvalue weighted by molar-refractivity contribution is 8.18. The second kappa shape index (κ2) is 9.70. The fourth-order valence-corrected chi connectivity index (χ4v) is 4.22. The lowest BCUT2D eigenvalue weighted by Gasteiger charge is -2.14. The van der Waals surface area contributed by atoms with Gasteiger partial charge in [0.2, 0.25) is 0 Å². The van der Waals surface area contributed by atoms with Crippen LogP contribution < -0.4 is 14.8 Å². The highest BCUT2D eigenvalue weighted by atomic mass is 32.2. The summed E-state index contributed by atoms with van der Waals surface area (Å²) in [5.41, 5.74) is 1.28. The molecule has 0 unspecified atom stereocenters. The topological polar surface area (TPSA) is 77.0 Å². The number of nitrogens with one attached hydrogen (secondary N) is 1. The first kappa shape index (κ1) is 21.6. The first-order chi connectivity index (χ1) is 15.6. The summed E-state index contributed by atoms with van der Waals surface area (Å²) in [6.07, 6.45) is 1.79. The second-order valence-corrected chi connectivity index (χ2v) is 7.88. The largest absolute Gasteiger partial charge is 0.493 e. The molecule has 1 N–H and O–H groups in total. The van der Waals surface area contributed by atoms with Crippen molar-refractivity contribution in [1.82, 2.24) is 5.32 Å². The molecule has 1 aliphatic rings. The minimum absolute atomic E-state index is 0.260. The van der Waals surface area contributed by atoms with Crippen molar-refractivity contribution in [2.75, 3.05) is 13.2 Å². The van der Waals surface area contributed by atoms with Crippen molar-refractivity contribution < 1.29 is 19.1 Å². The van der Waals surface area contributed by atoms with Gasteiger partial charge >= 0.3 is 0 Å². The molecular formula is C25H22N2O4S. The number of hydrogen-bond donors (Lipinski definition) is 1. The Balaban J connectivity index is 1.71. The summed E-state index contributed by atoms with van der Waals surface area (Å²) in [7, 11) is 0. The van der Waals surface area contributed by atoms with Crippen molar-refractivity contribution in [2.24, 2.45) is 4.99 Å². The Morgan fingerprint density at radius 3 is 2.47 bits per heavy atom. The number of nitrogens with zero attached hydrogens (tertiary/aromatic N) is 1. The van der Waals surface area contributed by atoms with Crippen molar-refractivity contribution in [3.8, 4) is 11.5 Å². The van der Waals surface area contributed by atoms with E-state index in [1.807, 2.05) is 50.2 Å². The molecule has 1 aliphatic heterocycles. The Morgan fingerprint density at radius 2 is 1.72 bits per heavy atom. The normalized spacial score (nSPS) is 15.9. The van der Waals surface area contributed by atoms with Gasteiger partial charge in [-0.05, 0) is 61.5 Å². The molecular weight excluding hydrogens is 424 g/mol. The summed E-state index contributed by atoms with van der Waals surface area (Å²) < 4.78 is 11.6. The first-order valence-electron chi connectivity index (χ1n) is 10.3. The molecule has 0 bridgehead atoms. The molecule has 3 aromatic carbocycles. The quantitative estimate of drug-likeness (QED) is 0.537. The average Bonchev–Trinajstić information content (AvgIpc) is 3.14. The van der Waals surface area contributed by atoms with Gasteiger partial charge < -0.3 is 14.8 Å². The maximum atomic E-state index is 12.6. The summed E-state index contributed by atoms with van der Waals surface area (Å²) in [5.74, 6) is 0.769. The van der Waals surface area contributed by atoms with Crippen LogP contribution >= 0.6 is 11.8 Å². The lowest BCUT2D eigenvalue weighted by Crippen LogP contribution is -2.20. The zero-order valence-corrected chi connectivity index (χ0v) is 18.6. The molecule has 1 saturated heterocycles. The van der Waals surface area contributed by atoms with Gasteiger partial charge in [0.1, 0.15) is 11.5 Å². The van der Waals surface area contributed by atoms with Crippen LogP contribution in [0, 0.1) is 0 Å². The van der Waals surface area contributed by atoms with Crippen molar-refractivity contribution in [3.63, 3.8) is 0 Å². The molecule has 0 atom stereocenters. The van der Waals surface area contributed by atoms with E-state index in [4.69, 9.17) is 9.47 Å². The Labute approximate surface area is 190 Å².